The molecule has 1 heterocycles. The molecule has 0 spiro atoms. The molecule has 1 aromatic carbocycles. The Balaban J connectivity index is 2.22. The minimum Gasteiger partial charge on any atom is -0.385 e. The Bertz CT molecular complexity index is 452. The van der Waals surface area contributed by atoms with Crippen LogP contribution in [0.2, 0.25) is 0 Å². The van der Waals surface area contributed by atoms with Crippen molar-refractivity contribution < 1.29 is 4.79 Å². The summed E-state index contributed by atoms with van der Waals surface area (Å²) in [7, 11) is 0. The molecule has 0 fully saturated rings. The van der Waals surface area contributed by atoms with Gasteiger partial charge in [0, 0.05) is 23.3 Å². The largest absolute Gasteiger partial charge is 0.385 e. The fraction of sp³-hybridized carbons (Fsp3) is 0.533. The summed E-state index contributed by atoms with van der Waals surface area (Å²) in [6, 6.07) is 6.07. The molecule has 2 N–H and O–H groups in total. The van der Waals surface area contributed by atoms with E-state index in [0.29, 0.717) is 0 Å². The molecule has 0 saturated carbocycles. The average molecular weight is 246 g/mol. The second-order valence-corrected chi connectivity index (χ2v) is 5.55. The first kappa shape index (κ1) is 12.9. The van der Waals surface area contributed by atoms with Crippen LogP contribution in [0.5, 0.6) is 0 Å². The number of carbonyl (C=O) groups is 1. The molecule has 98 valence electrons. The van der Waals surface area contributed by atoms with Gasteiger partial charge in [-0.15, -0.1) is 0 Å². The Hall–Kier alpha value is -1.51. The molecule has 0 atom stereocenters. The highest BCUT2D eigenvalue weighted by atomic mass is 16.2. The monoisotopic (exact) mass is 246 g/mol. The van der Waals surface area contributed by atoms with E-state index in [-0.39, 0.29) is 11.3 Å². The summed E-state index contributed by atoms with van der Waals surface area (Å²) < 4.78 is 0. The predicted molar refractivity (Wildman–Crippen MR) is 76.0 cm³/mol. The lowest BCUT2D eigenvalue weighted by atomic mass is 9.89. The van der Waals surface area contributed by atoms with E-state index in [4.69, 9.17) is 0 Å². The zero-order chi connectivity index (χ0) is 13.2. The maximum atomic E-state index is 12.2. The van der Waals surface area contributed by atoms with Gasteiger partial charge in [0.15, 0.2) is 0 Å². The lowest BCUT2D eigenvalue weighted by Crippen LogP contribution is -2.30. The van der Waals surface area contributed by atoms with E-state index in [9.17, 15) is 4.79 Å². The van der Waals surface area contributed by atoms with Crippen LogP contribution in [-0.2, 0) is 11.2 Å². The molecule has 0 bridgehead atoms. The zero-order valence-electron chi connectivity index (χ0n) is 11.5. The van der Waals surface area contributed by atoms with Crippen LogP contribution in [0.4, 0.5) is 11.4 Å². The van der Waals surface area contributed by atoms with Gasteiger partial charge in [0.1, 0.15) is 0 Å². The molecule has 0 radical (unpaired) electrons. The third-order valence-electron chi connectivity index (χ3n) is 3.84. The first-order valence-corrected chi connectivity index (χ1v) is 6.72. The fourth-order valence-corrected chi connectivity index (χ4v) is 2.08. The summed E-state index contributed by atoms with van der Waals surface area (Å²) >= 11 is 0. The highest BCUT2D eigenvalue weighted by molar-refractivity contribution is 5.96. The first-order valence-electron chi connectivity index (χ1n) is 6.72. The van der Waals surface area contributed by atoms with E-state index in [1.807, 2.05) is 32.9 Å². The van der Waals surface area contributed by atoms with Gasteiger partial charge in [-0.25, -0.2) is 0 Å². The summed E-state index contributed by atoms with van der Waals surface area (Å²) in [5.41, 5.74) is 3.05. The topological polar surface area (TPSA) is 41.1 Å². The maximum absolute atomic E-state index is 12.2. The molecule has 2 rings (SSSR count). The van der Waals surface area contributed by atoms with E-state index in [1.165, 1.54) is 5.56 Å². The normalized spacial score (nSPS) is 14.6. The number of amides is 1. The van der Waals surface area contributed by atoms with Gasteiger partial charge in [-0.05, 0) is 37.0 Å². The van der Waals surface area contributed by atoms with Crippen LogP contribution in [0.15, 0.2) is 18.2 Å². The van der Waals surface area contributed by atoms with Crippen LogP contribution >= 0.6 is 0 Å². The van der Waals surface area contributed by atoms with Crippen molar-refractivity contribution in [2.45, 2.75) is 40.0 Å². The third kappa shape index (κ3) is 2.50. The SMILES string of the molecule is CCC(C)(C)C(=O)Nc1cccc2c1CCCN2. The Labute approximate surface area is 109 Å². The number of anilines is 2. The maximum Gasteiger partial charge on any atom is 0.230 e. The Morgan fingerprint density at radius 1 is 1.44 bits per heavy atom. The summed E-state index contributed by atoms with van der Waals surface area (Å²) in [5, 5.41) is 6.46. The lowest BCUT2D eigenvalue weighted by molar-refractivity contribution is -0.124. The van der Waals surface area contributed by atoms with Crippen LogP contribution in [0.1, 0.15) is 39.2 Å². The highest BCUT2D eigenvalue weighted by Gasteiger charge is 2.26. The van der Waals surface area contributed by atoms with Crippen molar-refractivity contribution in [3.05, 3.63) is 23.8 Å². The van der Waals surface area contributed by atoms with Gasteiger partial charge in [-0.3, -0.25) is 4.79 Å². The van der Waals surface area contributed by atoms with E-state index in [0.717, 1.165) is 37.2 Å². The van der Waals surface area contributed by atoms with Crippen molar-refractivity contribution in [2.75, 3.05) is 17.2 Å². The molecule has 3 nitrogen and oxygen atoms in total. The van der Waals surface area contributed by atoms with Crippen LogP contribution < -0.4 is 10.6 Å². The molecular formula is C15H22N2O. The molecular weight excluding hydrogens is 224 g/mol. The van der Waals surface area contributed by atoms with E-state index in [1.54, 1.807) is 0 Å². The van der Waals surface area contributed by atoms with Gasteiger partial charge in [-0.2, -0.15) is 0 Å². The number of fused-ring (bicyclic) bond motifs is 1. The molecule has 1 aliphatic heterocycles. The standard InChI is InChI=1S/C15H22N2O/c1-4-15(2,3)14(18)17-13-9-5-8-12-11(13)7-6-10-16-12/h5,8-9,16H,4,6-7,10H2,1-3H3,(H,17,18). The Morgan fingerprint density at radius 3 is 2.94 bits per heavy atom. The minimum absolute atomic E-state index is 0.101. The molecule has 0 aromatic heterocycles. The molecule has 1 aromatic rings. The second kappa shape index (κ2) is 5.01. The summed E-state index contributed by atoms with van der Waals surface area (Å²) in [4.78, 5) is 12.2. The van der Waals surface area contributed by atoms with Crippen LogP contribution in [0.25, 0.3) is 0 Å². The summed E-state index contributed by atoms with van der Waals surface area (Å²) in [5.74, 6) is 0.101. The molecule has 1 aliphatic rings. The van der Waals surface area contributed by atoms with Crippen molar-refractivity contribution >= 4 is 17.3 Å². The van der Waals surface area contributed by atoms with Crippen LogP contribution in [0, 0.1) is 5.41 Å². The van der Waals surface area contributed by atoms with Gasteiger partial charge >= 0.3 is 0 Å². The minimum atomic E-state index is -0.315. The van der Waals surface area contributed by atoms with Crippen LogP contribution in [0.3, 0.4) is 0 Å². The van der Waals surface area contributed by atoms with Gasteiger partial charge in [0.05, 0.1) is 0 Å². The smallest absolute Gasteiger partial charge is 0.230 e. The molecule has 1 amide bonds. The number of rotatable bonds is 3. The van der Waals surface area contributed by atoms with Crippen molar-refractivity contribution in [3.8, 4) is 0 Å². The molecule has 0 unspecified atom stereocenters. The number of nitrogens with one attached hydrogen (secondary N) is 2. The number of hydrogen-bond acceptors (Lipinski definition) is 2. The lowest BCUT2D eigenvalue weighted by Gasteiger charge is -2.25. The van der Waals surface area contributed by atoms with Crippen molar-refractivity contribution in [2.24, 2.45) is 5.41 Å². The summed E-state index contributed by atoms with van der Waals surface area (Å²) in [6.45, 7) is 7.03. The molecule has 3 heteroatoms. The Morgan fingerprint density at radius 2 is 2.22 bits per heavy atom. The first-order chi connectivity index (χ1) is 8.54. The second-order valence-electron chi connectivity index (χ2n) is 5.55. The van der Waals surface area contributed by atoms with E-state index >= 15 is 0 Å². The molecule has 0 aliphatic carbocycles. The highest BCUT2D eigenvalue weighted by Crippen LogP contribution is 2.30. The van der Waals surface area contributed by atoms with E-state index < -0.39 is 0 Å². The quantitative estimate of drug-likeness (QED) is 0.858. The van der Waals surface area contributed by atoms with Gasteiger partial charge < -0.3 is 10.6 Å². The average Bonchev–Trinajstić information content (AvgIpc) is 2.39. The summed E-state index contributed by atoms with van der Waals surface area (Å²) in [6.07, 6.45) is 2.99. The van der Waals surface area contributed by atoms with Gasteiger partial charge in [-0.1, -0.05) is 26.8 Å². The number of benzene rings is 1. The third-order valence-corrected chi connectivity index (χ3v) is 3.84. The zero-order valence-corrected chi connectivity index (χ0v) is 11.5. The van der Waals surface area contributed by atoms with E-state index in [2.05, 4.69) is 16.7 Å². The number of hydrogen-bond donors (Lipinski definition) is 2. The van der Waals surface area contributed by atoms with Crippen molar-refractivity contribution in [3.63, 3.8) is 0 Å². The van der Waals surface area contributed by atoms with Crippen molar-refractivity contribution in [1.29, 1.82) is 0 Å². The molecule has 0 saturated heterocycles. The number of carbonyl (C=O) groups excluding carboxylic acids is 1. The fourth-order valence-electron chi connectivity index (χ4n) is 2.08. The molecule has 18 heavy (non-hydrogen) atoms. The Kier molecular flexibility index (Phi) is 3.60. The predicted octanol–water partition coefficient (Wildman–Crippen LogP) is 3.42. The van der Waals surface area contributed by atoms with Crippen LogP contribution in [-0.4, -0.2) is 12.5 Å². The van der Waals surface area contributed by atoms with Gasteiger partial charge in [0.25, 0.3) is 0 Å². The van der Waals surface area contributed by atoms with Gasteiger partial charge in [0.2, 0.25) is 5.91 Å². The van der Waals surface area contributed by atoms with Crippen molar-refractivity contribution in [1.82, 2.24) is 0 Å².